The minimum absolute atomic E-state index is 0.936. The van der Waals surface area contributed by atoms with Gasteiger partial charge in [0.25, 0.3) is 0 Å². The van der Waals surface area contributed by atoms with Crippen molar-refractivity contribution in [2.75, 3.05) is 9.80 Å². The lowest BCUT2D eigenvalue weighted by Crippen LogP contribution is -2.16. The first-order chi connectivity index (χ1) is 16.2. The second kappa shape index (κ2) is 10.7. The Morgan fingerprint density at radius 3 is 1.58 bits per heavy atom. The highest BCUT2D eigenvalue weighted by Crippen LogP contribution is 2.40. The summed E-state index contributed by atoms with van der Waals surface area (Å²) in [5.41, 5.74) is 6.20. The number of benzene rings is 4. The first-order valence-corrected chi connectivity index (χ1v) is 11.5. The maximum atomic E-state index is 4.05. The van der Waals surface area contributed by atoms with Crippen molar-refractivity contribution < 1.29 is 0 Å². The zero-order chi connectivity index (χ0) is 23.0. The van der Waals surface area contributed by atoms with Crippen LogP contribution in [-0.2, 0) is 0 Å². The van der Waals surface area contributed by atoms with Gasteiger partial charge >= 0.3 is 0 Å². The fraction of sp³-hybridized carbons (Fsp3) is 0. The van der Waals surface area contributed by atoms with E-state index in [1.165, 1.54) is 0 Å². The molecule has 0 saturated carbocycles. The van der Waals surface area contributed by atoms with Gasteiger partial charge in [0.05, 0.1) is 0 Å². The van der Waals surface area contributed by atoms with Gasteiger partial charge in [0.1, 0.15) is 0 Å². The second-order valence-corrected chi connectivity index (χ2v) is 8.29. The highest BCUT2D eigenvalue weighted by Gasteiger charge is 2.18. The molecule has 4 aromatic rings. The topological polar surface area (TPSA) is 6.48 Å². The molecule has 0 heterocycles. The van der Waals surface area contributed by atoms with Crippen molar-refractivity contribution in [3.63, 3.8) is 0 Å². The van der Waals surface area contributed by atoms with E-state index in [2.05, 4.69) is 118 Å². The van der Waals surface area contributed by atoms with E-state index < -0.39 is 0 Å². The number of hydrogen-bond donors (Lipinski definition) is 0. The van der Waals surface area contributed by atoms with Crippen LogP contribution in [0.4, 0.5) is 28.4 Å². The minimum atomic E-state index is 0.936. The van der Waals surface area contributed by atoms with Crippen LogP contribution in [0.5, 0.6) is 0 Å². The Bertz CT molecular complexity index is 1210. The summed E-state index contributed by atoms with van der Waals surface area (Å²) in [7, 11) is 0. The zero-order valence-corrected chi connectivity index (χ0v) is 19.9. The molecular weight excluding hydrogens is 468 g/mol. The van der Waals surface area contributed by atoms with Gasteiger partial charge in [-0.25, -0.2) is 0 Å². The van der Waals surface area contributed by atoms with Crippen LogP contribution in [0.1, 0.15) is 0 Å². The molecule has 0 saturated heterocycles. The Kier molecular flexibility index (Phi) is 7.23. The molecule has 0 radical (unpaired) electrons. The van der Waals surface area contributed by atoms with Crippen LogP contribution in [0, 0.1) is 0 Å². The summed E-state index contributed by atoms with van der Waals surface area (Å²) >= 11 is 3.76. The molecular formula is C30H25BrN2. The maximum Gasteiger partial charge on any atom is 0.0493 e. The predicted molar refractivity (Wildman–Crippen MR) is 146 cm³/mol. The molecule has 0 aliphatic carbocycles. The molecule has 0 fully saturated rings. The Hall–Kier alpha value is -3.82. The number of hydrogen-bond acceptors (Lipinski definition) is 2. The molecule has 0 aromatic heterocycles. The summed E-state index contributed by atoms with van der Waals surface area (Å²) in [5, 5.41) is 0. The lowest BCUT2D eigenvalue weighted by atomic mass is 10.1. The normalized spacial score (nSPS) is 11.0. The third kappa shape index (κ3) is 5.16. The molecule has 0 unspecified atom stereocenters. The van der Waals surface area contributed by atoms with Crippen LogP contribution in [0.15, 0.2) is 151 Å². The molecule has 0 atom stereocenters. The summed E-state index contributed by atoms with van der Waals surface area (Å²) in [6.45, 7) is 7.94. The average molecular weight is 493 g/mol. The van der Waals surface area contributed by atoms with E-state index in [0.717, 1.165) is 38.6 Å². The molecule has 4 rings (SSSR count). The van der Waals surface area contributed by atoms with Crippen molar-refractivity contribution in [2.24, 2.45) is 0 Å². The summed E-state index contributed by atoms with van der Waals surface area (Å²) in [4.78, 5) is 4.43. The van der Waals surface area contributed by atoms with E-state index in [9.17, 15) is 0 Å². The van der Waals surface area contributed by atoms with Crippen LogP contribution in [0.25, 0.3) is 0 Å². The van der Waals surface area contributed by atoms with E-state index in [-0.39, 0.29) is 0 Å². The molecule has 4 aromatic carbocycles. The lowest BCUT2D eigenvalue weighted by Gasteiger charge is -2.30. The van der Waals surface area contributed by atoms with Crippen molar-refractivity contribution in [3.8, 4) is 0 Å². The third-order valence-electron chi connectivity index (χ3n) is 5.18. The van der Waals surface area contributed by atoms with Gasteiger partial charge in [-0.2, -0.15) is 0 Å². The van der Waals surface area contributed by atoms with E-state index in [4.69, 9.17) is 0 Å². The van der Waals surface area contributed by atoms with E-state index >= 15 is 0 Å². The van der Waals surface area contributed by atoms with Gasteiger partial charge in [-0.15, -0.1) is 0 Å². The van der Waals surface area contributed by atoms with E-state index in [0.29, 0.717) is 0 Å². The SMILES string of the molecule is C=C/C=C(\C=C)N(c1ccccc1)c1cc(Br)cc(N(c2ccccc2)c2ccccc2)c1. The average Bonchev–Trinajstić information content (AvgIpc) is 2.86. The molecule has 0 amide bonds. The molecule has 0 N–H and O–H groups in total. The van der Waals surface area contributed by atoms with Gasteiger partial charge in [-0.3, -0.25) is 0 Å². The van der Waals surface area contributed by atoms with Crippen molar-refractivity contribution in [2.45, 2.75) is 0 Å². The van der Waals surface area contributed by atoms with E-state index in [1.54, 1.807) is 6.08 Å². The first-order valence-electron chi connectivity index (χ1n) is 10.7. The maximum absolute atomic E-state index is 4.05. The van der Waals surface area contributed by atoms with Gasteiger partial charge < -0.3 is 9.80 Å². The van der Waals surface area contributed by atoms with Crippen molar-refractivity contribution >= 4 is 44.4 Å². The number of para-hydroxylation sites is 3. The molecule has 3 heteroatoms. The van der Waals surface area contributed by atoms with Gasteiger partial charge in [-0.1, -0.05) is 89.8 Å². The van der Waals surface area contributed by atoms with Crippen molar-refractivity contribution in [1.29, 1.82) is 0 Å². The fourth-order valence-corrected chi connectivity index (χ4v) is 4.27. The number of allylic oxidation sites excluding steroid dienone is 3. The predicted octanol–water partition coefficient (Wildman–Crippen LogP) is 9.31. The molecule has 0 bridgehead atoms. The van der Waals surface area contributed by atoms with Crippen LogP contribution >= 0.6 is 15.9 Å². The van der Waals surface area contributed by atoms with Crippen LogP contribution in [0.3, 0.4) is 0 Å². The quantitative estimate of drug-likeness (QED) is 0.226. The number of anilines is 5. The molecule has 0 aliphatic rings. The molecule has 0 aliphatic heterocycles. The molecule has 162 valence electrons. The smallest absolute Gasteiger partial charge is 0.0493 e. The monoisotopic (exact) mass is 492 g/mol. The summed E-state index contributed by atoms with van der Waals surface area (Å²) in [5.74, 6) is 0. The van der Waals surface area contributed by atoms with Crippen LogP contribution < -0.4 is 9.80 Å². The number of nitrogens with zero attached hydrogens (tertiary/aromatic N) is 2. The fourth-order valence-electron chi connectivity index (χ4n) is 3.80. The van der Waals surface area contributed by atoms with Crippen LogP contribution in [0.2, 0.25) is 0 Å². The highest BCUT2D eigenvalue weighted by molar-refractivity contribution is 9.10. The van der Waals surface area contributed by atoms with Gasteiger partial charge in [0, 0.05) is 38.6 Å². The van der Waals surface area contributed by atoms with Gasteiger partial charge in [0.15, 0.2) is 0 Å². The van der Waals surface area contributed by atoms with Crippen LogP contribution in [-0.4, -0.2) is 0 Å². The summed E-state index contributed by atoms with van der Waals surface area (Å²) < 4.78 is 0.981. The largest absolute Gasteiger partial charge is 0.310 e. The first kappa shape index (κ1) is 22.4. The Balaban J connectivity index is 1.92. The van der Waals surface area contributed by atoms with Gasteiger partial charge in [-0.05, 0) is 66.7 Å². The van der Waals surface area contributed by atoms with Gasteiger partial charge in [0.2, 0.25) is 0 Å². The Morgan fingerprint density at radius 2 is 1.09 bits per heavy atom. The standard InChI is InChI=1S/C30H25BrN2/c1-3-14-25(4-2)32(26-15-8-5-9-16-26)29-21-24(31)22-30(23-29)33(27-17-10-6-11-18-27)28-19-12-7-13-20-28/h3-23H,1-2H2/b25-14+. The van der Waals surface area contributed by atoms with Crippen molar-refractivity contribution in [1.82, 2.24) is 0 Å². The number of rotatable bonds is 8. The Morgan fingerprint density at radius 1 is 0.606 bits per heavy atom. The minimum Gasteiger partial charge on any atom is -0.310 e. The zero-order valence-electron chi connectivity index (χ0n) is 18.3. The number of halogens is 1. The van der Waals surface area contributed by atoms with Crippen molar-refractivity contribution in [3.05, 3.63) is 151 Å². The Labute approximate surface area is 204 Å². The summed E-state index contributed by atoms with van der Waals surface area (Å²) in [6.07, 6.45) is 5.60. The second-order valence-electron chi connectivity index (χ2n) is 7.38. The summed E-state index contributed by atoms with van der Waals surface area (Å²) in [6, 6.07) is 37.5. The van der Waals surface area contributed by atoms with E-state index in [1.807, 2.05) is 42.5 Å². The highest BCUT2D eigenvalue weighted by atomic mass is 79.9. The molecule has 0 spiro atoms. The third-order valence-corrected chi connectivity index (χ3v) is 5.64. The lowest BCUT2D eigenvalue weighted by molar-refractivity contribution is 1.20. The molecule has 2 nitrogen and oxygen atoms in total. The molecule has 33 heavy (non-hydrogen) atoms.